The Kier molecular flexibility index (Phi) is 1960. The van der Waals surface area contributed by atoms with E-state index in [1.165, 1.54) is 20.6 Å². The summed E-state index contributed by atoms with van der Waals surface area (Å²) in [5.74, 6) is 0. The number of rotatable bonds is 0. The maximum absolute atomic E-state index is 4.67. The van der Waals surface area contributed by atoms with Gasteiger partial charge in [0.15, 0.2) is 0 Å². The highest BCUT2D eigenvalue weighted by atomic mass is 35.5. The van der Waals surface area contributed by atoms with E-state index in [1.54, 1.807) is 0 Å². The van der Waals surface area contributed by atoms with Gasteiger partial charge in [0.1, 0.15) is 0 Å². The number of hydrogen-bond acceptors (Lipinski definition) is 0. The van der Waals surface area contributed by atoms with E-state index in [0.29, 0.717) is 0 Å². The van der Waals surface area contributed by atoms with Gasteiger partial charge in [0, 0.05) is 0 Å². The number of hydrogen-bond donors (Lipinski definition) is 0. The van der Waals surface area contributed by atoms with Crippen LogP contribution in [0.4, 0.5) is 0 Å². The first-order valence-electron chi connectivity index (χ1n) is 0.267. The first kappa shape index (κ1) is 66.7. The molecule has 0 aliphatic rings. The van der Waals surface area contributed by atoms with Crippen molar-refractivity contribution >= 4 is 29.7 Å². The van der Waals surface area contributed by atoms with Crippen molar-refractivity contribution in [1.29, 1.82) is 0 Å². The van der Waals surface area contributed by atoms with Crippen LogP contribution in [0.5, 0.6) is 0 Å². The SMILES string of the molecule is O.O.O.O.[Mg][Cl]. The Balaban J connectivity index is -0.000000000833. The van der Waals surface area contributed by atoms with E-state index in [-0.39, 0.29) is 21.9 Å². The molecule has 0 aromatic rings. The Labute approximate surface area is 51.9 Å². The molecular weight excluding hydrogens is 124 g/mol. The summed E-state index contributed by atoms with van der Waals surface area (Å²) in [7, 11) is 4.67. The summed E-state index contributed by atoms with van der Waals surface area (Å²) in [5.41, 5.74) is 0. The van der Waals surface area contributed by atoms with Gasteiger partial charge in [-0.15, -0.1) is 0 Å². The van der Waals surface area contributed by atoms with Crippen LogP contribution in [0.25, 0.3) is 0 Å². The van der Waals surface area contributed by atoms with Gasteiger partial charge in [-0.2, -0.15) is 0 Å². The molecular formula is H8ClMgO4. The van der Waals surface area contributed by atoms with Gasteiger partial charge in [0.05, 0.1) is 0 Å². The molecule has 0 bridgehead atoms. The minimum absolute atomic E-state index is 0. The minimum atomic E-state index is 0. The molecule has 0 aromatic carbocycles. The number of halogens is 1. The molecule has 6 heavy (non-hydrogen) atoms. The van der Waals surface area contributed by atoms with Gasteiger partial charge < -0.3 is 31.0 Å². The average Bonchev–Trinajstić information content (AvgIpc) is 1.00. The van der Waals surface area contributed by atoms with Gasteiger partial charge >= 0.3 is 20.6 Å². The largest absolute Gasteiger partial charge is 0.412 e. The van der Waals surface area contributed by atoms with Crippen LogP contribution in [-0.4, -0.2) is 42.5 Å². The van der Waals surface area contributed by atoms with Crippen LogP contribution in [0, 0.1) is 0 Å². The van der Waals surface area contributed by atoms with Crippen LogP contribution < -0.4 is 0 Å². The van der Waals surface area contributed by atoms with Gasteiger partial charge in [-0.05, 0) is 0 Å². The Morgan fingerprint density at radius 1 is 0.667 bits per heavy atom. The Morgan fingerprint density at radius 3 is 0.667 bits per heavy atom. The topological polar surface area (TPSA) is 126 Å². The van der Waals surface area contributed by atoms with Crippen molar-refractivity contribution in [3.8, 4) is 0 Å². The zero-order valence-corrected chi connectivity index (χ0v) is 5.26. The van der Waals surface area contributed by atoms with Crippen LogP contribution >= 0.6 is 9.07 Å². The van der Waals surface area contributed by atoms with E-state index in [2.05, 4.69) is 9.07 Å². The summed E-state index contributed by atoms with van der Waals surface area (Å²) in [6.45, 7) is 0. The molecule has 1 radical (unpaired) electrons. The quantitative estimate of drug-likeness (QED) is 0.311. The highest BCUT2D eigenvalue weighted by Crippen LogP contribution is 1.29. The summed E-state index contributed by atoms with van der Waals surface area (Å²) < 4.78 is 0. The summed E-state index contributed by atoms with van der Waals surface area (Å²) in [4.78, 5) is 0. The van der Waals surface area contributed by atoms with Crippen LogP contribution in [0.2, 0.25) is 0 Å². The Bertz CT molecular complexity index is 7.51. The van der Waals surface area contributed by atoms with Gasteiger partial charge in [-0.3, -0.25) is 0 Å². The molecule has 0 atom stereocenters. The van der Waals surface area contributed by atoms with Crippen molar-refractivity contribution in [2.75, 3.05) is 0 Å². The molecule has 6 heteroatoms. The van der Waals surface area contributed by atoms with Crippen LogP contribution in [-0.2, 0) is 0 Å². The molecule has 0 amide bonds. The molecule has 0 spiro atoms. The van der Waals surface area contributed by atoms with Gasteiger partial charge in [-0.1, -0.05) is 0 Å². The minimum Gasteiger partial charge on any atom is -0.412 e. The van der Waals surface area contributed by atoms with Crippen molar-refractivity contribution in [2.24, 2.45) is 0 Å². The van der Waals surface area contributed by atoms with E-state index in [0.717, 1.165) is 0 Å². The summed E-state index contributed by atoms with van der Waals surface area (Å²) in [6.07, 6.45) is 0. The molecule has 8 N–H and O–H groups in total. The first-order chi connectivity index (χ1) is 1.00. The second kappa shape index (κ2) is 176. The van der Waals surface area contributed by atoms with Crippen molar-refractivity contribution < 1.29 is 21.9 Å². The average molecular weight is 132 g/mol. The predicted molar refractivity (Wildman–Crippen MR) is 26.1 cm³/mol. The third-order valence-corrected chi connectivity index (χ3v) is 0. The molecule has 0 saturated carbocycles. The predicted octanol–water partition coefficient (Wildman–Crippen LogP) is -2.99. The Hall–Kier alpha value is 0.896. The lowest BCUT2D eigenvalue weighted by Crippen LogP contribution is -0.980. The van der Waals surface area contributed by atoms with Gasteiger partial charge in [-0.25, -0.2) is 0 Å². The molecule has 4 nitrogen and oxygen atoms in total. The molecule has 0 fully saturated rings. The maximum Gasteiger partial charge on any atom is 0.386 e. The molecule has 0 rings (SSSR count). The van der Waals surface area contributed by atoms with Crippen molar-refractivity contribution in [1.82, 2.24) is 0 Å². The molecule has 0 saturated heterocycles. The highest BCUT2D eigenvalue weighted by molar-refractivity contribution is 6.80. The third-order valence-electron chi connectivity index (χ3n) is 0. The molecule has 0 heterocycles. The molecule has 0 aliphatic heterocycles. The van der Waals surface area contributed by atoms with Crippen molar-refractivity contribution in [3.63, 3.8) is 0 Å². The van der Waals surface area contributed by atoms with Crippen LogP contribution in [0.15, 0.2) is 0 Å². The van der Waals surface area contributed by atoms with Gasteiger partial charge in [0.25, 0.3) is 0 Å². The van der Waals surface area contributed by atoms with Gasteiger partial charge in [0.2, 0.25) is 0 Å². The monoisotopic (exact) mass is 131 g/mol. The first-order valence-corrected chi connectivity index (χ1v) is 2.41. The summed E-state index contributed by atoms with van der Waals surface area (Å²) >= 11 is 1.33. The van der Waals surface area contributed by atoms with Crippen LogP contribution in [0.3, 0.4) is 0 Å². The zero-order valence-electron chi connectivity index (χ0n) is 3.09. The lowest BCUT2D eigenvalue weighted by Gasteiger charge is -1.07. The summed E-state index contributed by atoms with van der Waals surface area (Å²) in [5, 5.41) is 0. The fourth-order valence-corrected chi connectivity index (χ4v) is 0. The highest BCUT2D eigenvalue weighted by Gasteiger charge is 1.07. The normalized spacial score (nSPS) is 0.667. The van der Waals surface area contributed by atoms with Crippen molar-refractivity contribution in [3.05, 3.63) is 0 Å². The second-order valence-corrected chi connectivity index (χ2v) is 0. The van der Waals surface area contributed by atoms with E-state index in [4.69, 9.17) is 0 Å². The van der Waals surface area contributed by atoms with E-state index in [9.17, 15) is 0 Å². The van der Waals surface area contributed by atoms with Crippen molar-refractivity contribution in [2.45, 2.75) is 0 Å². The molecule has 0 aromatic heterocycles. The smallest absolute Gasteiger partial charge is 0.386 e. The van der Waals surface area contributed by atoms with E-state index in [1.807, 2.05) is 0 Å². The Morgan fingerprint density at radius 2 is 0.667 bits per heavy atom. The van der Waals surface area contributed by atoms with Crippen LogP contribution in [0.1, 0.15) is 0 Å². The van der Waals surface area contributed by atoms with E-state index < -0.39 is 0 Å². The van der Waals surface area contributed by atoms with E-state index >= 15 is 0 Å². The fourth-order valence-electron chi connectivity index (χ4n) is 0. The standard InChI is InChI=1S/ClH.Mg.4H2O/h1H;;4*1H2/q;+1;;;;/p-1. The lowest BCUT2D eigenvalue weighted by molar-refractivity contribution is 0.823. The molecule has 0 aliphatic carbocycles. The molecule has 41 valence electrons. The fraction of sp³-hybridized carbons (Fsp3) is 0. The zero-order chi connectivity index (χ0) is 2.00. The summed E-state index contributed by atoms with van der Waals surface area (Å²) in [6, 6.07) is 0. The molecule has 0 unspecified atom stereocenters. The second-order valence-electron chi connectivity index (χ2n) is 0. The maximum atomic E-state index is 4.67. The third kappa shape index (κ3) is 92.5. The lowest BCUT2D eigenvalue weighted by atomic mass is 16.0.